The van der Waals surface area contributed by atoms with Crippen molar-refractivity contribution in [2.45, 2.75) is 65.7 Å². The van der Waals surface area contributed by atoms with Crippen molar-refractivity contribution in [3.8, 4) is 0 Å². The van der Waals surface area contributed by atoms with E-state index >= 15 is 0 Å². The Bertz CT molecular complexity index is 509. The molecule has 1 aromatic carbocycles. The van der Waals surface area contributed by atoms with Crippen LogP contribution in [0.3, 0.4) is 0 Å². The Hall–Kier alpha value is -1.11. The summed E-state index contributed by atoms with van der Waals surface area (Å²) in [6, 6.07) is 4.44. The lowest BCUT2D eigenvalue weighted by Gasteiger charge is -2.39. The maximum absolute atomic E-state index is 11.8. The van der Waals surface area contributed by atoms with Crippen LogP contribution >= 0.6 is 0 Å². The molecule has 19 heavy (non-hydrogen) atoms. The minimum atomic E-state index is 0.183. The molecule has 1 aromatic rings. The SMILES string of the molecule is CC(=O)c1cc2c(cc1C)[C@H](C(C)C)CCC2(C)C. The summed E-state index contributed by atoms with van der Waals surface area (Å²) < 4.78 is 0. The lowest BCUT2D eigenvalue weighted by molar-refractivity contribution is 0.101. The highest BCUT2D eigenvalue weighted by atomic mass is 16.1. The molecule has 104 valence electrons. The Kier molecular flexibility index (Phi) is 3.59. The van der Waals surface area contributed by atoms with Gasteiger partial charge in [0.2, 0.25) is 0 Å². The number of hydrogen-bond acceptors (Lipinski definition) is 1. The van der Waals surface area contributed by atoms with Crippen molar-refractivity contribution in [1.29, 1.82) is 0 Å². The minimum Gasteiger partial charge on any atom is -0.295 e. The Morgan fingerprint density at radius 1 is 1.32 bits per heavy atom. The highest BCUT2D eigenvalue weighted by Crippen LogP contribution is 2.46. The van der Waals surface area contributed by atoms with Crippen LogP contribution < -0.4 is 0 Å². The molecular weight excluding hydrogens is 232 g/mol. The average molecular weight is 258 g/mol. The first-order chi connectivity index (χ1) is 8.74. The van der Waals surface area contributed by atoms with Gasteiger partial charge in [-0.3, -0.25) is 4.79 Å². The summed E-state index contributed by atoms with van der Waals surface area (Å²) in [5.41, 5.74) is 5.10. The fourth-order valence-corrected chi connectivity index (χ4v) is 3.50. The van der Waals surface area contributed by atoms with Gasteiger partial charge in [0.25, 0.3) is 0 Å². The molecule has 1 heteroatoms. The molecule has 0 aliphatic heterocycles. The highest BCUT2D eigenvalue weighted by Gasteiger charge is 2.34. The van der Waals surface area contributed by atoms with Crippen LogP contribution in [0, 0.1) is 12.8 Å². The lowest BCUT2D eigenvalue weighted by Crippen LogP contribution is -2.28. The predicted molar refractivity (Wildman–Crippen MR) is 81.0 cm³/mol. The van der Waals surface area contributed by atoms with Gasteiger partial charge >= 0.3 is 0 Å². The van der Waals surface area contributed by atoms with Crippen LogP contribution in [0.2, 0.25) is 0 Å². The molecule has 0 heterocycles. The normalized spacial score (nSPS) is 21.3. The van der Waals surface area contributed by atoms with Gasteiger partial charge in [0.05, 0.1) is 0 Å². The summed E-state index contributed by atoms with van der Waals surface area (Å²) in [5.74, 6) is 1.49. The van der Waals surface area contributed by atoms with Crippen LogP contribution in [-0.4, -0.2) is 5.78 Å². The van der Waals surface area contributed by atoms with E-state index in [2.05, 4.69) is 46.8 Å². The molecule has 0 saturated carbocycles. The van der Waals surface area contributed by atoms with E-state index in [1.54, 1.807) is 6.92 Å². The van der Waals surface area contributed by atoms with Crippen LogP contribution in [0.25, 0.3) is 0 Å². The van der Waals surface area contributed by atoms with E-state index in [0.717, 1.165) is 11.1 Å². The third kappa shape index (κ3) is 2.48. The van der Waals surface area contributed by atoms with Crippen molar-refractivity contribution in [3.05, 3.63) is 34.4 Å². The summed E-state index contributed by atoms with van der Waals surface area (Å²) in [7, 11) is 0. The van der Waals surface area contributed by atoms with Gasteiger partial charge in [-0.05, 0) is 66.7 Å². The number of rotatable bonds is 2. The first-order valence-corrected chi connectivity index (χ1v) is 7.40. The summed E-state index contributed by atoms with van der Waals surface area (Å²) in [6.45, 7) is 13.0. The molecule has 1 aliphatic rings. The number of ketones is 1. The summed E-state index contributed by atoms with van der Waals surface area (Å²) in [5, 5.41) is 0. The number of fused-ring (bicyclic) bond motifs is 1. The van der Waals surface area contributed by atoms with E-state index in [4.69, 9.17) is 0 Å². The van der Waals surface area contributed by atoms with Gasteiger partial charge in [-0.2, -0.15) is 0 Å². The number of benzene rings is 1. The van der Waals surface area contributed by atoms with Crippen molar-refractivity contribution in [2.24, 2.45) is 5.92 Å². The number of carbonyl (C=O) groups is 1. The Labute approximate surface area is 117 Å². The number of hydrogen-bond donors (Lipinski definition) is 0. The van der Waals surface area contributed by atoms with Crippen molar-refractivity contribution in [3.63, 3.8) is 0 Å². The molecule has 1 aliphatic carbocycles. The minimum absolute atomic E-state index is 0.183. The Morgan fingerprint density at radius 3 is 2.47 bits per heavy atom. The number of aryl methyl sites for hydroxylation is 1. The van der Waals surface area contributed by atoms with Gasteiger partial charge in [0, 0.05) is 5.56 Å². The van der Waals surface area contributed by atoms with Gasteiger partial charge in [-0.15, -0.1) is 0 Å². The molecule has 0 N–H and O–H groups in total. The fourth-order valence-electron chi connectivity index (χ4n) is 3.50. The smallest absolute Gasteiger partial charge is 0.160 e. The average Bonchev–Trinajstić information content (AvgIpc) is 2.26. The van der Waals surface area contributed by atoms with Crippen molar-refractivity contribution >= 4 is 5.78 Å². The fraction of sp³-hybridized carbons (Fsp3) is 0.611. The second-order valence-electron chi connectivity index (χ2n) is 7.08. The molecule has 1 nitrogen and oxygen atoms in total. The van der Waals surface area contributed by atoms with Crippen molar-refractivity contribution in [1.82, 2.24) is 0 Å². The zero-order valence-electron chi connectivity index (χ0n) is 13.1. The van der Waals surface area contributed by atoms with E-state index in [9.17, 15) is 4.79 Å². The topological polar surface area (TPSA) is 17.1 Å². The lowest BCUT2D eigenvalue weighted by atomic mass is 9.65. The van der Waals surface area contributed by atoms with Crippen LogP contribution in [0.1, 0.15) is 80.4 Å². The standard InChI is InChI=1S/C18H26O/c1-11(2)14-7-8-18(5,6)17-10-15(13(4)19)12(3)9-16(14)17/h9-11,14H,7-8H2,1-6H3/t14-/m0/s1. The van der Waals surface area contributed by atoms with Gasteiger partial charge in [-0.1, -0.05) is 33.8 Å². The molecular formula is C18H26O. The molecule has 0 saturated heterocycles. The van der Waals surface area contributed by atoms with Crippen molar-refractivity contribution in [2.75, 3.05) is 0 Å². The monoisotopic (exact) mass is 258 g/mol. The zero-order chi connectivity index (χ0) is 14.4. The van der Waals surface area contributed by atoms with E-state index in [1.807, 2.05) is 0 Å². The van der Waals surface area contributed by atoms with E-state index in [0.29, 0.717) is 11.8 Å². The van der Waals surface area contributed by atoms with Crippen LogP contribution in [0.15, 0.2) is 12.1 Å². The zero-order valence-corrected chi connectivity index (χ0v) is 13.1. The van der Waals surface area contributed by atoms with E-state index in [-0.39, 0.29) is 11.2 Å². The second kappa shape index (κ2) is 4.77. The Balaban J connectivity index is 2.65. The molecule has 0 aromatic heterocycles. The second-order valence-corrected chi connectivity index (χ2v) is 7.08. The first-order valence-electron chi connectivity index (χ1n) is 7.40. The summed E-state index contributed by atoms with van der Waals surface area (Å²) in [6.07, 6.45) is 2.47. The van der Waals surface area contributed by atoms with E-state index in [1.165, 1.54) is 24.0 Å². The third-order valence-electron chi connectivity index (χ3n) is 4.79. The Morgan fingerprint density at radius 2 is 1.95 bits per heavy atom. The molecule has 2 rings (SSSR count). The van der Waals surface area contributed by atoms with Crippen LogP contribution in [0.5, 0.6) is 0 Å². The van der Waals surface area contributed by atoms with E-state index < -0.39 is 0 Å². The third-order valence-corrected chi connectivity index (χ3v) is 4.79. The number of carbonyl (C=O) groups excluding carboxylic acids is 1. The molecule has 0 amide bonds. The van der Waals surface area contributed by atoms with Gasteiger partial charge < -0.3 is 0 Å². The molecule has 0 fully saturated rings. The number of Topliss-reactive ketones (excluding diaryl/α,β-unsaturated/α-hetero) is 1. The maximum Gasteiger partial charge on any atom is 0.160 e. The van der Waals surface area contributed by atoms with Crippen LogP contribution in [-0.2, 0) is 5.41 Å². The molecule has 0 bridgehead atoms. The molecule has 1 atom stereocenters. The highest BCUT2D eigenvalue weighted by molar-refractivity contribution is 5.96. The first kappa shape index (κ1) is 14.3. The summed E-state index contributed by atoms with van der Waals surface area (Å²) >= 11 is 0. The predicted octanol–water partition coefficient (Wildman–Crippen LogP) is 5.01. The van der Waals surface area contributed by atoms with Crippen molar-refractivity contribution < 1.29 is 4.79 Å². The van der Waals surface area contributed by atoms with Crippen LogP contribution in [0.4, 0.5) is 0 Å². The van der Waals surface area contributed by atoms with Gasteiger partial charge in [-0.25, -0.2) is 0 Å². The molecule has 0 unspecified atom stereocenters. The van der Waals surface area contributed by atoms with Gasteiger partial charge in [0.1, 0.15) is 0 Å². The quantitative estimate of drug-likeness (QED) is 0.682. The summed E-state index contributed by atoms with van der Waals surface area (Å²) in [4.78, 5) is 11.8. The maximum atomic E-state index is 11.8. The molecule has 0 radical (unpaired) electrons. The molecule has 0 spiro atoms. The largest absolute Gasteiger partial charge is 0.295 e. The van der Waals surface area contributed by atoms with Gasteiger partial charge in [0.15, 0.2) is 5.78 Å².